The SMILES string of the molecule is C=CCCCP(=O)(O)c1ccc(C)cc1C. The lowest BCUT2D eigenvalue weighted by molar-refractivity contribution is 0.488. The number of allylic oxidation sites excluding steroid dienone is 1. The van der Waals surface area contributed by atoms with E-state index in [-0.39, 0.29) is 0 Å². The van der Waals surface area contributed by atoms with Gasteiger partial charge in [0.05, 0.1) is 0 Å². The summed E-state index contributed by atoms with van der Waals surface area (Å²) >= 11 is 0. The maximum Gasteiger partial charge on any atom is 0.229 e. The van der Waals surface area contributed by atoms with Crippen molar-refractivity contribution >= 4 is 12.7 Å². The van der Waals surface area contributed by atoms with Crippen molar-refractivity contribution in [2.24, 2.45) is 0 Å². The zero-order valence-electron chi connectivity index (χ0n) is 9.94. The maximum atomic E-state index is 12.1. The predicted molar refractivity (Wildman–Crippen MR) is 69.7 cm³/mol. The lowest BCUT2D eigenvalue weighted by Gasteiger charge is -2.14. The summed E-state index contributed by atoms with van der Waals surface area (Å²) in [6, 6.07) is 5.61. The highest BCUT2D eigenvalue weighted by Gasteiger charge is 2.22. The van der Waals surface area contributed by atoms with Crippen LogP contribution < -0.4 is 5.30 Å². The van der Waals surface area contributed by atoms with Crippen LogP contribution >= 0.6 is 7.37 Å². The summed E-state index contributed by atoms with van der Waals surface area (Å²) in [5, 5.41) is 0.599. The lowest BCUT2D eigenvalue weighted by Crippen LogP contribution is -2.11. The molecule has 1 unspecified atom stereocenters. The normalized spacial score (nSPS) is 14.4. The minimum Gasteiger partial charge on any atom is -0.341 e. The van der Waals surface area contributed by atoms with Gasteiger partial charge in [-0.2, -0.15) is 0 Å². The fourth-order valence-corrected chi connectivity index (χ4v) is 3.54. The van der Waals surface area contributed by atoms with Crippen LogP contribution in [0, 0.1) is 13.8 Å². The third-order valence-electron chi connectivity index (χ3n) is 2.60. The molecule has 2 nitrogen and oxygen atoms in total. The van der Waals surface area contributed by atoms with E-state index in [0.717, 1.165) is 17.5 Å². The molecule has 1 N–H and O–H groups in total. The highest BCUT2D eigenvalue weighted by molar-refractivity contribution is 7.66. The van der Waals surface area contributed by atoms with Crippen molar-refractivity contribution in [3.8, 4) is 0 Å². The standard InChI is InChI=1S/C13H19O2P/c1-4-5-6-9-16(14,15)13-8-7-11(2)10-12(13)3/h4,7-8,10H,1,5-6,9H2,2-3H3,(H,14,15). The van der Waals surface area contributed by atoms with Gasteiger partial charge in [-0.05, 0) is 38.3 Å². The number of hydrogen-bond donors (Lipinski definition) is 1. The Balaban J connectivity index is 2.89. The molecule has 0 aliphatic heterocycles. The zero-order chi connectivity index (χ0) is 12.2. The van der Waals surface area contributed by atoms with E-state index < -0.39 is 7.37 Å². The molecule has 16 heavy (non-hydrogen) atoms. The van der Waals surface area contributed by atoms with E-state index in [0.29, 0.717) is 17.9 Å². The van der Waals surface area contributed by atoms with Crippen LogP contribution in [0.15, 0.2) is 30.9 Å². The van der Waals surface area contributed by atoms with Crippen molar-refractivity contribution in [1.29, 1.82) is 0 Å². The van der Waals surface area contributed by atoms with Crippen LogP contribution in [0.5, 0.6) is 0 Å². The fraction of sp³-hybridized carbons (Fsp3) is 0.385. The smallest absolute Gasteiger partial charge is 0.229 e. The van der Waals surface area contributed by atoms with Gasteiger partial charge >= 0.3 is 0 Å². The Morgan fingerprint density at radius 3 is 2.69 bits per heavy atom. The van der Waals surface area contributed by atoms with E-state index in [1.807, 2.05) is 26.0 Å². The van der Waals surface area contributed by atoms with Gasteiger partial charge in [0.2, 0.25) is 7.37 Å². The number of rotatable bonds is 5. The first-order chi connectivity index (χ1) is 7.47. The van der Waals surface area contributed by atoms with Crippen molar-refractivity contribution in [2.45, 2.75) is 26.7 Å². The molecular weight excluding hydrogens is 219 g/mol. The second-order valence-electron chi connectivity index (χ2n) is 4.15. The molecule has 1 rings (SSSR count). The zero-order valence-corrected chi connectivity index (χ0v) is 10.8. The second kappa shape index (κ2) is 5.47. The monoisotopic (exact) mass is 238 g/mol. The van der Waals surface area contributed by atoms with E-state index in [1.54, 1.807) is 12.1 Å². The van der Waals surface area contributed by atoms with Crippen LogP contribution in [0.4, 0.5) is 0 Å². The molecule has 3 heteroatoms. The lowest BCUT2D eigenvalue weighted by atomic mass is 10.2. The molecule has 1 aromatic carbocycles. The highest BCUT2D eigenvalue weighted by atomic mass is 31.2. The molecule has 0 bridgehead atoms. The summed E-state index contributed by atoms with van der Waals surface area (Å²) < 4.78 is 12.1. The summed E-state index contributed by atoms with van der Waals surface area (Å²) in [6.07, 6.45) is 3.62. The molecular formula is C13H19O2P. The topological polar surface area (TPSA) is 37.3 Å². The van der Waals surface area contributed by atoms with E-state index in [9.17, 15) is 9.46 Å². The van der Waals surface area contributed by atoms with Crippen LogP contribution in [0.1, 0.15) is 24.0 Å². The Morgan fingerprint density at radius 2 is 2.12 bits per heavy atom. The Morgan fingerprint density at radius 1 is 1.44 bits per heavy atom. The maximum absolute atomic E-state index is 12.1. The van der Waals surface area contributed by atoms with E-state index in [4.69, 9.17) is 0 Å². The van der Waals surface area contributed by atoms with Gasteiger partial charge < -0.3 is 4.89 Å². The minimum absolute atomic E-state index is 0.336. The summed E-state index contributed by atoms with van der Waals surface area (Å²) in [5.74, 6) is 0. The number of aryl methyl sites for hydroxylation is 2. The molecule has 0 aliphatic rings. The summed E-state index contributed by atoms with van der Waals surface area (Å²) in [5.41, 5.74) is 2.02. The number of benzene rings is 1. The summed E-state index contributed by atoms with van der Waals surface area (Å²) in [7, 11) is -3.18. The third-order valence-corrected chi connectivity index (χ3v) is 4.78. The Labute approximate surface area is 97.5 Å². The minimum atomic E-state index is -3.18. The van der Waals surface area contributed by atoms with Crippen LogP contribution in [-0.4, -0.2) is 11.1 Å². The van der Waals surface area contributed by atoms with Gasteiger partial charge in [0, 0.05) is 11.5 Å². The highest BCUT2D eigenvalue weighted by Crippen LogP contribution is 2.41. The Bertz CT molecular complexity index is 424. The van der Waals surface area contributed by atoms with Crippen molar-refractivity contribution in [2.75, 3.05) is 6.16 Å². The van der Waals surface area contributed by atoms with E-state index in [2.05, 4.69) is 6.58 Å². The van der Waals surface area contributed by atoms with Crippen LogP contribution in [-0.2, 0) is 4.57 Å². The predicted octanol–water partition coefficient (Wildman–Crippen LogP) is 3.17. The van der Waals surface area contributed by atoms with Gasteiger partial charge in [-0.3, -0.25) is 4.57 Å². The van der Waals surface area contributed by atoms with Gasteiger partial charge in [0.25, 0.3) is 0 Å². The van der Waals surface area contributed by atoms with Gasteiger partial charge in [-0.15, -0.1) is 6.58 Å². The van der Waals surface area contributed by atoms with Crippen LogP contribution in [0.3, 0.4) is 0 Å². The quantitative estimate of drug-likeness (QED) is 0.486. The Hall–Kier alpha value is -0.850. The molecule has 0 saturated carbocycles. The first-order valence-corrected chi connectivity index (χ1v) is 7.32. The molecule has 1 atom stereocenters. The fourth-order valence-electron chi connectivity index (χ4n) is 1.77. The number of hydrogen-bond acceptors (Lipinski definition) is 1. The Kier molecular flexibility index (Phi) is 4.52. The van der Waals surface area contributed by atoms with Crippen molar-refractivity contribution in [3.05, 3.63) is 42.0 Å². The molecule has 0 amide bonds. The van der Waals surface area contributed by atoms with Gasteiger partial charge in [-0.25, -0.2) is 0 Å². The van der Waals surface area contributed by atoms with E-state index in [1.165, 1.54) is 0 Å². The molecule has 1 aromatic rings. The molecule has 0 fully saturated rings. The molecule has 0 saturated heterocycles. The third kappa shape index (κ3) is 3.33. The molecule has 0 spiro atoms. The molecule has 0 aliphatic carbocycles. The van der Waals surface area contributed by atoms with Crippen molar-refractivity contribution in [1.82, 2.24) is 0 Å². The average Bonchev–Trinajstić information content (AvgIpc) is 2.17. The van der Waals surface area contributed by atoms with Crippen LogP contribution in [0.2, 0.25) is 0 Å². The number of unbranched alkanes of at least 4 members (excludes halogenated alkanes) is 1. The second-order valence-corrected chi connectivity index (χ2v) is 6.48. The molecule has 0 radical (unpaired) electrons. The largest absolute Gasteiger partial charge is 0.341 e. The van der Waals surface area contributed by atoms with Crippen molar-refractivity contribution < 1.29 is 9.46 Å². The molecule has 88 valence electrons. The molecule has 0 aromatic heterocycles. The summed E-state index contributed by atoms with van der Waals surface area (Å²) in [6.45, 7) is 7.48. The van der Waals surface area contributed by atoms with Crippen LogP contribution in [0.25, 0.3) is 0 Å². The summed E-state index contributed by atoms with van der Waals surface area (Å²) in [4.78, 5) is 10.0. The van der Waals surface area contributed by atoms with Gasteiger partial charge in [-0.1, -0.05) is 23.8 Å². The molecule has 0 heterocycles. The van der Waals surface area contributed by atoms with Gasteiger partial charge in [0.1, 0.15) is 0 Å². The van der Waals surface area contributed by atoms with Gasteiger partial charge in [0.15, 0.2) is 0 Å². The van der Waals surface area contributed by atoms with E-state index >= 15 is 0 Å². The first-order valence-electron chi connectivity index (χ1n) is 5.48. The average molecular weight is 238 g/mol. The first kappa shape index (κ1) is 13.2. The van der Waals surface area contributed by atoms with Crippen molar-refractivity contribution in [3.63, 3.8) is 0 Å².